The van der Waals surface area contributed by atoms with Crippen molar-refractivity contribution in [3.63, 3.8) is 0 Å². The number of hydrogen-bond acceptors (Lipinski definition) is 3. The summed E-state index contributed by atoms with van der Waals surface area (Å²) in [5, 5.41) is 12.5. The molecule has 1 aliphatic carbocycles. The molecule has 0 aromatic carbocycles. The Morgan fingerprint density at radius 1 is 1.50 bits per heavy atom. The van der Waals surface area contributed by atoms with E-state index in [1.165, 1.54) is 0 Å². The van der Waals surface area contributed by atoms with Gasteiger partial charge in [0.15, 0.2) is 0 Å². The highest BCUT2D eigenvalue weighted by Gasteiger charge is 2.34. The van der Waals surface area contributed by atoms with Crippen LogP contribution in [0.15, 0.2) is 0 Å². The van der Waals surface area contributed by atoms with E-state index in [1.807, 2.05) is 0 Å². The molecule has 0 heterocycles. The number of carbonyl (C=O) groups excluding carboxylic acids is 1. The second kappa shape index (κ2) is 6.21. The third-order valence-corrected chi connectivity index (χ3v) is 3.55. The summed E-state index contributed by atoms with van der Waals surface area (Å²) in [5.74, 6) is 0.731. The van der Waals surface area contributed by atoms with E-state index in [1.54, 1.807) is 0 Å². The highest BCUT2D eigenvalue weighted by Crippen LogP contribution is 2.31. The number of carbonyl (C=O) groups is 1. The molecule has 1 aliphatic rings. The zero-order chi connectivity index (χ0) is 12.0. The topological polar surface area (TPSA) is 75.3 Å². The molecule has 0 aromatic rings. The molecular formula is C12H24N2O2. The lowest BCUT2D eigenvalue weighted by Crippen LogP contribution is -2.53. The fourth-order valence-electron chi connectivity index (χ4n) is 2.26. The SMILES string of the molecule is CC1CCC(CO)(NC(=O)CCCN)CC1. The molecule has 1 amide bonds. The Morgan fingerprint density at radius 2 is 2.12 bits per heavy atom. The summed E-state index contributed by atoms with van der Waals surface area (Å²) in [5.41, 5.74) is 5.00. The van der Waals surface area contributed by atoms with Crippen LogP contribution in [-0.4, -0.2) is 29.7 Å². The molecule has 4 N–H and O–H groups in total. The minimum absolute atomic E-state index is 0.0223. The van der Waals surface area contributed by atoms with Crippen LogP contribution in [0.5, 0.6) is 0 Å². The van der Waals surface area contributed by atoms with Gasteiger partial charge in [0.25, 0.3) is 0 Å². The summed E-state index contributed by atoms with van der Waals surface area (Å²) in [6, 6.07) is 0. The summed E-state index contributed by atoms with van der Waals surface area (Å²) >= 11 is 0. The Balaban J connectivity index is 2.44. The third kappa shape index (κ3) is 3.76. The summed E-state index contributed by atoms with van der Waals surface area (Å²) in [4.78, 5) is 11.6. The minimum Gasteiger partial charge on any atom is -0.394 e. The average molecular weight is 228 g/mol. The summed E-state index contributed by atoms with van der Waals surface area (Å²) in [6.07, 6.45) is 5.12. The van der Waals surface area contributed by atoms with E-state index in [2.05, 4.69) is 12.2 Å². The molecule has 0 aliphatic heterocycles. The summed E-state index contributed by atoms with van der Waals surface area (Å²) in [6.45, 7) is 2.81. The van der Waals surface area contributed by atoms with Gasteiger partial charge in [-0.05, 0) is 44.6 Å². The molecule has 0 radical (unpaired) electrons. The van der Waals surface area contributed by atoms with Crippen molar-refractivity contribution < 1.29 is 9.90 Å². The van der Waals surface area contributed by atoms with Gasteiger partial charge in [0.05, 0.1) is 12.1 Å². The molecule has 1 fully saturated rings. The molecular weight excluding hydrogens is 204 g/mol. The van der Waals surface area contributed by atoms with Crippen LogP contribution >= 0.6 is 0 Å². The lowest BCUT2D eigenvalue weighted by molar-refractivity contribution is -0.124. The first-order chi connectivity index (χ1) is 7.62. The van der Waals surface area contributed by atoms with Gasteiger partial charge in [0.1, 0.15) is 0 Å². The number of hydrogen-bond donors (Lipinski definition) is 3. The van der Waals surface area contributed by atoms with Gasteiger partial charge in [-0.15, -0.1) is 0 Å². The molecule has 0 spiro atoms. The molecule has 16 heavy (non-hydrogen) atoms. The van der Waals surface area contributed by atoms with Crippen LogP contribution in [0.4, 0.5) is 0 Å². The molecule has 94 valence electrons. The van der Waals surface area contributed by atoms with Crippen molar-refractivity contribution in [2.75, 3.05) is 13.2 Å². The second-order valence-corrected chi connectivity index (χ2v) is 5.06. The van der Waals surface area contributed by atoms with Crippen molar-refractivity contribution in [1.29, 1.82) is 0 Å². The Morgan fingerprint density at radius 3 is 2.62 bits per heavy atom. The van der Waals surface area contributed by atoms with E-state index in [-0.39, 0.29) is 18.1 Å². The monoisotopic (exact) mass is 228 g/mol. The predicted molar refractivity (Wildman–Crippen MR) is 63.9 cm³/mol. The first-order valence-electron chi connectivity index (χ1n) is 6.24. The fraction of sp³-hybridized carbons (Fsp3) is 0.917. The first-order valence-corrected chi connectivity index (χ1v) is 6.24. The van der Waals surface area contributed by atoms with Gasteiger partial charge in [-0.2, -0.15) is 0 Å². The van der Waals surface area contributed by atoms with E-state index in [0.29, 0.717) is 25.3 Å². The van der Waals surface area contributed by atoms with Gasteiger partial charge < -0.3 is 16.2 Å². The first kappa shape index (κ1) is 13.5. The van der Waals surface area contributed by atoms with E-state index in [4.69, 9.17) is 5.73 Å². The van der Waals surface area contributed by atoms with Gasteiger partial charge in [-0.1, -0.05) is 6.92 Å². The smallest absolute Gasteiger partial charge is 0.220 e. The highest BCUT2D eigenvalue weighted by molar-refractivity contribution is 5.76. The van der Waals surface area contributed by atoms with E-state index in [0.717, 1.165) is 25.7 Å². The number of amides is 1. The molecule has 0 bridgehead atoms. The number of rotatable bonds is 5. The van der Waals surface area contributed by atoms with Crippen molar-refractivity contribution in [3.05, 3.63) is 0 Å². The van der Waals surface area contributed by atoms with Gasteiger partial charge in [0.2, 0.25) is 5.91 Å². The van der Waals surface area contributed by atoms with Gasteiger partial charge >= 0.3 is 0 Å². The van der Waals surface area contributed by atoms with Crippen LogP contribution in [-0.2, 0) is 4.79 Å². The Hall–Kier alpha value is -0.610. The van der Waals surface area contributed by atoms with Gasteiger partial charge in [-0.25, -0.2) is 0 Å². The molecule has 0 saturated heterocycles. The Kier molecular flexibility index (Phi) is 5.22. The zero-order valence-corrected chi connectivity index (χ0v) is 10.2. The van der Waals surface area contributed by atoms with Crippen molar-refractivity contribution in [2.45, 2.75) is 51.0 Å². The molecule has 1 rings (SSSR count). The molecule has 0 aromatic heterocycles. The van der Waals surface area contributed by atoms with Crippen molar-refractivity contribution in [1.82, 2.24) is 5.32 Å². The van der Waals surface area contributed by atoms with E-state index < -0.39 is 0 Å². The number of nitrogens with one attached hydrogen (secondary N) is 1. The standard InChI is InChI=1S/C12H24N2O2/c1-10-4-6-12(9-15,7-5-10)14-11(16)3-2-8-13/h10,15H,2-9,13H2,1H3,(H,14,16). The summed E-state index contributed by atoms with van der Waals surface area (Å²) < 4.78 is 0. The molecule has 0 unspecified atom stereocenters. The van der Waals surface area contributed by atoms with E-state index in [9.17, 15) is 9.90 Å². The molecule has 0 atom stereocenters. The number of nitrogens with two attached hydrogens (primary N) is 1. The van der Waals surface area contributed by atoms with Gasteiger partial charge in [-0.3, -0.25) is 4.79 Å². The molecule has 4 heteroatoms. The Bertz CT molecular complexity index is 223. The lowest BCUT2D eigenvalue weighted by Gasteiger charge is -2.38. The van der Waals surface area contributed by atoms with E-state index >= 15 is 0 Å². The van der Waals surface area contributed by atoms with Crippen molar-refractivity contribution in [2.24, 2.45) is 11.7 Å². The minimum atomic E-state index is -0.363. The second-order valence-electron chi connectivity index (χ2n) is 5.06. The predicted octanol–water partition coefficient (Wildman–Crippen LogP) is 0.783. The van der Waals surface area contributed by atoms with Crippen LogP contribution in [0.3, 0.4) is 0 Å². The Labute approximate surface area is 97.6 Å². The maximum atomic E-state index is 11.6. The quantitative estimate of drug-likeness (QED) is 0.651. The van der Waals surface area contributed by atoms with Crippen LogP contribution < -0.4 is 11.1 Å². The largest absolute Gasteiger partial charge is 0.394 e. The highest BCUT2D eigenvalue weighted by atomic mass is 16.3. The fourth-order valence-corrected chi connectivity index (χ4v) is 2.26. The van der Waals surface area contributed by atoms with Crippen LogP contribution in [0.2, 0.25) is 0 Å². The van der Waals surface area contributed by atoms with Gasteiger partial charge in [0, 0.05) is 6.42 Å². The number of aliphatic hydroxyl groups excluding tert-OH is 1. The van der Waals surface area contributed by atoms with Crippen LogP contribution in [0.1, 0.15) is 45.4 Å². The lowest BCUT2D eigenvalue weighted by atomic mass is 9.77. The molecule has 1 saturated carbocycles. The molecule has 4 nitrogen and oxygen atoms in total. The van der Waals surface area contributed by atoms with Crippen LogP contribution in [0, 0.1) is 5.92 Å². The number of aliphatic hydroxyl groups is 1. The average Bonchev–Trinajstić information content (AvgIpc) is 2.30. The van der Waals surface area contributed by atoms with Crippen molar-refractivity contribution in [3.8, 4) is 0 Å². The van der Waals surface area contributed by atoms with Crippen LogP contribution in [0.25, 0.3) is 0 Å². The maximum Gasteiger partial charge on any atom is 0.220 e. The van der Waals surface area contributed by atoms with Crippen molar-refractivity contribution >= 4 is 5.91 Å². The maximum absolute atomic E-state index is 11.6. The summed E-state index contributed by atoms with van der Waals surface area (Å²) in [7, 11) is 0. The zero-order valence-electron chi connectivity index (χ0n) is 10.2. The third-order valence-electron chi connectivity index (χ3n) is 3.55. The normalized spacial score (nSPS) is 30.1.